The molecule has 18 heavy (non-hydrogen) atoms. The third kappa shape index (κ3) is 2.46. The molecule has 3 fully saturated rings. The van der Waals surface area contributed by atoms with Crippen LogP contribution in [0.5, 0.6) is 0 Å². The average molecular weight is 250 g/mol. The highest BCUT2D eigenvalue weighted by Gasteiger charge is 2.64. The molecule has 0 heterocycles. The van der Waals surface area contributed by atoms with Crippen molar-refractivity contribution in [2.45, 2.75) is 33.1 Å². The minimum Gasteiger partial charge on any atom is -0.315 e. The number of fused-ring (bicyclic) bond motifs is 5. The maximum absolute atomic E-state index is 3.55. The minimum absolute atomic E-state index is 0.772. The lowest BCUT2D eigenvalue weighted by Gasteiger charge is -2.19. The maximum Gasteiger partial charge on any atom is 0.0104 e. The first-order chi connectivity index (χ1) is 8.66. The van der Waals surface area contributed by atoms with E-state index < -0.39 is 0 Å². The topological polar surface area (TPSA) is 15.3 Å². The Kier molecular flexibility index (Phi) is 3.68. The molecule has 2 nitrogen and oxygen atoms in total. The largest absolute Gasteiger partial charge is 0.315 e. The van der Waals surface area contributed by atoms with Crippen molar-refractivity contribution in [2.75, 3.05) is 33.2 Å². The predicted molar refractivity (Wildman–Crippen MR) is 76.5 cm³/mol. The number of rotatable bonds is 7. The zero-order chi connectivity index (χ0) is 12.7. The molecular formula is C16H30N2. The summed E-state index contributed by atoms with van der Waals surface area (Å²) >= 11 is 0. The van der Waals surface area contributed by atoms with Crippen molar-refractivity contribution in [1.29, 1.82) is 0 Å². The van der Waals surface area contributed by atoms with E-state index >= 15 is 0 Å². The number of hydrogen-bond acceptors (Lipinski definition) is 2. The number of nitrogens with zero attached hydrogens (tertiary/aromatic N) is 1. The lowest BCUT2D eigenvalue weighted by atomic mass is 10.0. The molecule has 0 radical (unpaired) electrons. The van der Waals surface area contributed by atoms with Crippen LogP contribution in [-0.4, -0.2) is 38.1 Å². The van der Waals surface area contributed by atoms with Gasteiger partial charge >= 0.3 is 0 Å². The molecule has 4 atom stereocenters. The molecule has 0 amide bonds. The molecule has 0 aromatic carbocycles. The summed E-state index contributed by atoms with van der Waals surface area (Å²) in [5, 5.41) is 3.55. The van der Waals surface area contributed by atoms with Crippen LogP contribution in [0.25, 0.3) is 0 Å². The van der Waals surface area contributed by atoms with Gasteiger partial charge in [-0.05, 0) is 68.4 Å². The van der Waals surface area contributed by atoms with Gasteiger partial charge in [-0.15, -0.1) is 0 Å². The zero-order valence-electron chi connectivity index (χ0n) is 12.4. The lowest BCUT2D eigenvalue weighted by Crippen LogP contribution is -2.32. The van der Waals surface area contributed by atoms with E-state index in [9.17, 15) is 0 Å². The third-order valence-electron chi connectivity index (χ3n) is 5.64. The molecule has 0 spiro atoms. The third-order valence-corrected chi connectivity index (χ3v) is 5.64. The monoisotopic (exact) mass is 250 g/mol. The van der Waals surface area contributed by atoms with Crippen molar-refractivity contribution in [1.82, 2.24) is 10.2 Å². The van der Waals surface area contributed by atoms with Gasteiger partial charge in [-0.25, -0.2) is 0 Å². The maximum atomic E-state index is 3.55. The smallest absolute Gasteiger partial charge is 0.0104 e. The van der Waals surface area contributed by atoms with Crippen LogP contribution in [0.3, 0.4) is 0 Å². The molecule has 0 aliphatic heterocycles. The Morgan fingerprint density at radius 2 is 1.83 bits per heavy atom. The fraction of sp³-hybridized carbons (Fsp3) is 1.00. The van der Waals surface area contributed by atoms with Crippen LogP contribution in [0.1, 0.15) is 33.1 Å². The van der Waals surface area contributed by atoms with Gasteiger partial charge in [-0.1, -0.05) is 13.8 Å². The Morgan fingerprint density at radius 3 is 2.44 bits per heavy atom. The van der Waals surface area contributed by atoms with Gasteiger partial charge in [0.05, 0.1) is 0 Å². The summed E-state index contributed by atoms with van der Waals surface area (Å²) in [6.45, 7) is 9.45. The van der Waals surface area contributed by atoms with E-state index in [0.29, 0.717) is 0 Å². The molecule has 1 N–H and O–H groups in total. The van der Waals surface area contributed by atoms with E-state index in [-0.39, 0.29) is 0 Å². The summed E-state index contributed by atoms with van der Waals surface area (Å²) in [5.41, 5.74) is 0. The molecular weight excluding hydrogens is 220 g/mol. The van der Waals surface area contributed by atoms with E-state index in [2.05, 4.69) is 31.1 Å². The van der Waals surface area contributed by atoms with Crippen molar-refractivity contribution < 1.29 is 0 Å². The van der Waals surface area contributed by atoms with Crippen molar-refractivity contribution in [2.24, 2.45) is 35.5 Å². The number of hydrogen-bond donors (Lipinski definition) is 1. The first-order valence-electron chi connectivity index (χ1n) is 8.06. The summed E-state index contributed by atoms with van der Waals surface area (Å²) in [4.78, 5) is 2.57. The van der Waals surface area contributed by atoms with Crippen LogP contribution < -0.4 is 5.32 Å². The van der Waals surface area contributed by atoms with Crippen LogP contribution in [0.2, 0.25) is 0 Å². The molecule has 3 aliphatic carbocycles. The molecule has 3 aliphatic rings. The van der Waals surface area contributed by atoms with E-state index in [1.807, 2.05) is 0 Å². The Bertz CT molecular complexity index is 273. The van der Waals surface area contributed by atoms with Crippen LogP contribution in [0.4, 0.5) is 0 Å². The molecule has 4 unspecified atom stereocenters. The second-order valence-corrected chi connectivity index (χ2v) is 7.51. The van der Waals surface area contributed by atoms with Gasteiger partial charge in [0.2, 0.25) is 0 Å². The van der Waals surface area contributed by atoms with E-state index in [4.69, 9.17) is 0 Å². The van der Waals surface area contributed by atoms with Gasteiger partial charge in [-0.2, -0.15) is 0 Å². The molecule has 3 saturated carbocycles. The SMILES string of the molecule is CC(C)CNCCN(C)CC1C2C3CCC(C3)C12. The van der Waals surface area contributed by atoms with Gasteiger partial charge in [0.1, 0.15) is 0 Å². The van der Waals surface area contributed by atoms with Crippen molar-refractivity contribution in [3.05, 3.63) is 0 Å². The molecule has 3 rings (SSSR count). The summed E-state index contributed by atoms with van der Waals surface area (Å²) in [5.74, 6) is 6.42. The summed E-state index contributed by atoms with van der Waals surface area (Å²) < 4.78 is 0. The summed E-state index contributed by atoms with van der Waals surface area (Å²) in [6.07, 6.45) is 4.70. The Balaban J connectivity index is 1.32. The van der Waals surface area contributed by atoms with Crippen molar-refractivity contribution in [3.8, 4) is 0 Å². The van der Waals surface area contributed by atoms with Crippen LogP contribution in [0.15, 0.2) is 0 Å². The first kappa shape index (κ1) is 12.9. The Hall–Kier alpha value is -0.0800. The standard InChI is InChI=1S/C16H30N2/c1-11(2)9-17-6-7-18(3)10-14-15-12-4-5-13(8-12)16(14)15/h11-17H,4-10H2,1-3H3. The van der Waals surface area contributed by atoms with Crippen LogP contribution >= 0.6 is 0 Å². The second kappa shape index (κ2) is 5.13. The lowest BCUT2D eigenvalue weighted by molar-refractivity contribution is 0.286. The summed E-state index contributed by atoms with van der Waals surface area (Å²) in [7, 11) is 2.31. The molecule has 0 aromatic rings. The highest BCUT2D eigenvalue weighted by atomic mass is 15.1. The van der Waals surface area contributed by atoms with Crippen LogP contribution in [-0.2, 0) is 0 Å². The summed E-state index contributed by atoms with van der Waals surface area (Å²) in [6, 6.07) is 0. The molecule has 2 heteroatoms. The van der Waals surface area contributed by atoms with E-state index in [1.165, 1.54) is 13.1 Å². The zero-order valence-corrected chi connectivity index (χ0v) is 12.4. The second-order valence-electron chi connectivity index (χ2n) is 7.51. The number of nitrogens with one attached hydrogen (secondary N) is 1. The quantitative estimate of drug-likeness (QED) is 0.698. The highest BCUT2D eigenvalue weighted by Crippen LogP contribution is 2.69. The van der Waals surface area contributed by atoms with E-state index in [0.717, 1.165) is 48.6 Å². The fourth-order valence-corrected chi connectivity index (χ4v) is 4.86. The number of likely N-dealkylation sites (N-methyl/N-ethyl adjacent to an activating group) is 1. The van der Waals surface area contributed by atoms with Gasteiger partial charge in [0, 0.05) is 19.6 Å². The highest BCUT2D eigenvalue weighted by molar-refractivity contribution is 5.13. The normalized spacial score (nSPS) is 40.8. The Morgan fingerprint density at radius 1 is 1.17 bits per heavy atom. The Labute approximate surface area is 113 Å². The van der Waals surface area contributed by atoms with E-state index in [1.54, 1.807) is 19.3 Å². The van der Waals surface area contributed by atoms with Gasteiger partial charge in [0.25, 0.3) is 0 Å². The average Bonchev–Trinajstić information content (AvgIpc) is 2.73. The van der Waals surface area contributed by atoms with Gasteiger partial charge in [-0.3, -0.25) is 0 Å². The van der Waals surface area contributed by atoms with Gasteiger partial charge in [0.15, 0.2) is 0 Å². The van der Waals surface area contributed by atoms with Crippen LogP contribution in [0, 0.1) is 35.5 Å². The molecule has 2 bridgehead atoms. The molecule has 0 aromatic heterocycles. The fourth-order valence-electron chi connectivity index (χ4n) is 4.86. The molecule has 0 saturated heterocycles. The van der Waals surface area contributed by atoms with Gasteiger partial charge < -0.3 is 10.2 Å². The first-order valence-corrected chi connectivity index (χ1v) is 8.06. The minimum atomic E-state index is 0.772. The predicted octanol–water partition coefficient (Wildman–Crippen LogP) is 2.46. The van der Waals surface area contributed by atoms with Crippen molar-refractivity contribution >= 4 is 0 Å². The van der Waals surface area contributed by atoms with Crippen molar-refractivity contribution in [3.63, 3.8) is 0 Å². The molecule has 104 valence electrons.